The number of oxime groups is 1. The first kappa shape index (κ1) is 27.0. The third-order valence-corrected chi connectivity index (χ3v) is 6.80. The van der Waals surface area contributed by atoms with Crippen LogP contribution in [-0.4, -0.2) is 27.0 Å². The molecule has 1 aromatic heterocycles. The molecule has 0 aliphatic heterocycles. The molecular formula is C29H24Cl2N2O5. The van der Waals surface area contributed by atoms with Gasteiger partial charge in [0.15, 0.2) is 0 Å². The first-order chi connectivity index (χ1) is 18.2. The van der Waals surface area contributed by atoms with E-state index in [4.69, 9.17) is 27.9 Å². The molecule has 0 saturated carbocycles. The Morgan fingerprint density at radius 3 is 2.32 bits per heavy atom. The van der Waals surface area contributed by atoms with E-state index >= 15 is 0 Å². The molecule has 1 heterocycles. The van der Waals surface area contributed by atoms with E-state index in [2.05, 4.69) is 10.1 Å². The van der Waals surface area contributed by atoms with E-state index < -0.39 is 5.97 Å². The van der Waals surface area contributed by atoms with E-state index in [9.17, 15) is 19.9 Å². The average molecular weight is 551 g/mol. The van der Waals surface area contributed by atoms with E-state index in [0.717, 1.165) is 16.7 Å². The van der Waals surface area contributed by atoms with Crippen LogP contribution in [0.1, 0.15) is 50.5 Å². The van der Waals surface area contributed by atoms with Gasteiger partial charge in [0.05, 0.1) is 16.3 Å². The standard InChI is InChI=1S/C29H24Cl2N2O5/c1-16-12-20(30)5-9-23(16)24(14-27(33-37)19-11-17(2)28(34)32-15-19)18-3-6-21(7-4-18)38-22-8-10-26(31)25(13-22)29(35)36/h3-13,15,24,37H,14H2,1-2H3,(H,32,34)(H,35,36)/b33-27+. The number of benzene rings is 3. The van der Waals surface area contributed by atoms with Crippen molar-refractivity contribution in [3.8, 4) is 11.5 Å². The lowest BCUT2D eigenvalue weighted by atomic mass is 9.83. The number of aryl methyl sites for hydroxylation is 2. The van der Waals surface area contributed by atoms with E-state index in [-0.39, 0.29) is 22.1 Å². The van der Waals surface area contributed by atoms with Crippen LogP contribution in [0, 0.1) is 13.8 Å². The summed E-state index contributed by atoms with van der Waals surface area (Å²) in [4.78, 5) is 25.9. The number of pyridine rings is 1. The number of aromatic amines is 1. The number of rotatable bonds is 8. The molecule has 4 aromatic rings. The number of halogens is 2. The van der Waals surface area contributed by atoms with E-state index in [1.165, 1.54) is 18.3 Å². The summed E-state index contributed by atoms with van der Waals surface area (Å²) >= 11 is 12.2. The Labute approximate surface area is 228 Å². The maximum Gasteiger partial charge on any atom is 0.337 e. The zero-order valence-corrected chi connectivity index (χ0v) is 22.0. The molecule has 0 aliphatic rings. The minimum absolute atomic E-state index is 0.0487. The number of hydrogen-bond donors (Lipinski definition) is 3. The van der Waals surface area contributed by atoms with Crippen LogP contribution < -0.4 is 10.3 Å². The van der Waals surface area contributed by atoms with Crippen molar-refractivity contribution < 1.29 is 19.8 Å². The van der Waals surface area contributed by atoms with Gasteiger partial charge in [-0.15, -0.1) is 0 Å². The van der Waals surface area contributed by atoms with Crippen LogP contribution in [0.2, 0.25) is 10.0 Å². The lowest BCUT2D eigenvalue weighted by Crippen LogP contribution is -2.15. The maximum absolute atomic E-state index is 11.8. The average Bonchev–Trinajstić information content (AvgIpc) is 2.89. The maximum atomic E-state index is 11.8. The third kappa shape index (κ3) is 6.07. The second kappa shape index (κ2) is 11.5. The van der Waals surface area contributed by atoms with Crippen LogP contribution in [0.3, 0.4) is 0 Å². The van der Waals surface area contributed by atoms with Crippen LogP contribution in [0.15, 0.2) is 82.9 Å². The van der Waals surface area contributed by atoms with Crippen molar-refractivity contribution in [1.82, 2.24) is 4.98 Å². The lowest BCUT2D eigenvalue weighted by Gasteiger charge is -2.21. The first-order valence-electron chi connectivity index (χ1n) is 11.6. The Morgan fingerprint density at radius 2 is 1.68 bits per heavy atom. The normalized spacial score (nSPS) is 12.3. The lowest BCUT2D eigenvalue weighted by molar-refractivity contribution is 0.0696. The van der Waals surface area contributed by atoms with Crippen molar-refractivity contribution in [3.05, 3.63) is 127 Å². The topological polar surface area (TPSA) is 112 Å². The summed E-state index contributed by atoms with van der Waals surface area (Å²) in [5, 5.41) is 23.5. The van der Waals surface area contributed by atoms with Crippen molar-refractivity contribution in [2.24, 2.45) is 5.16 Å². The Kier molecular flexibility index (Phi) is 8.20. The molecule has 0 amide bonds. The number of nitrogens with one attached hydrogen (secondary N) is 1. The number of aromatic nitrogens is 1. The molecule has 0 saturated heterocycles. The van der Waals surface area contributed by atoms with Gasteiger partial charge in [-0.1, -0.05) is 46.6 Å². The molecule has 3 aromatic carbocycles. The molecule has 4 rings (SSSR count). The van der Waals surface area contributed by atoms with Gasteiger partial charge in [-0.2, -0.15) is 0 Å². The highest BCUT2D eigenvalue weighted by molar-refractivity contribution is 6.33. The highest BCUT2D eigenvalue weighted by Crippen LogP contribution is 2.35. The molecule has 0 fully saturated rings. The number of carboxylic acids is 1. The number of H-pyrrole nitrogens is 1. The minimum Gasteiger partial charge on any atom is -0.478 e. The molecule has 1 unspecified atom stereocenters. The summed E-state index contributed by atoms with van der Waals surface area (Å²) in [6.45, 7) is 3.66. The van der Waals surface area contributed by atoms with Gasteiger partial charge in [0.2, 0.25) is 0 Å². The molecule has 7 nitrogen and oxygen atoms in total. The number of carbonyl (C=O) groups is 1. The fourth-order valence-electron chi connectivity index (χ4n) is 4.25. The van der Waals surface area contributed by atoms with Crippen molar-refractivity contribution in [2.75, 3.05) is 0 Å². The Balaban J connectivity index is 1.68. The van der Waals surface area contributed by atoms with Crippen LogP contribution in [-0.2, 0) is 0 Å². The molecule has 0 bridgehead atoms. The van der Waals surface area contributed by atoms with Gasteiger partial charge in [0, 0.05) is 34.7 Å². The van der Waals surface area contributed by atoms with Gasteiger partial charge in [-0.05, 0) is 79.1 Å². The van der Waals surface area contributed by atoms with Gasteiger partial charge >= 0.3 is 5.97 Å². The summed E-state index contributed by atoms with van der Waals surface area (Å²) in [6.07, 6.45) is 1.87. The van der Waals surface area contributed by atoms with Crippen molar-refractivity contribution in [1.29, 1.82) is 0 Å². The Bertz CT molecular complexity index is 1580. The largest absolute Gasteiger partial charge is 0.478 e. The fraction of sp³-hybridized carbons (Fsp3) is 0.138. The molecule has 194 valence electrons. The molecular weight excluding hydrogens is 527 g/mol. The number of carboxylic acid groups (broad SMARTS) is 1. The monoisotopic (exact) mass is 550 g/mol. The molecule has 0 aliphatic carbocycles. The zero-order chi connectivity index (χ0) is 27.4. The van der Waals surface area contributed by atoms with Crippen molar-refractivity contribution >= 4 is 34.9 Å². The van der Waals surface area contributed by atoms with Crippen LogP contribution in [0.25, 0.3) is 0 Å². The summed E-state index contributed by atoms with van der Waals surface area (Å²) in [5.74, 6) is -0.510. The molecule has 0 radical (unpaired) electrons. The van der Waals surface area contributed by atoms with Crippen LogP contribution in [0.5, 0.6) is 11.5 Å². The molecule has 1 atom stereocenters. The second-order valence-electron chi connectivity index (χ2n) is 8.82. The summed E-state index contributed by atoms with van der Waals surface area (Å²) in [6, 6.07) is 19.1. The van der Waals surface area contributed by atoms with E-state index in [1.807, 2.05) is 37.3 Å². The number of hydrogen-bond acceptors (Lipinski definition) is 5. The third-order valence-electron chi connectivity index (χ3n) is 6.23. The SMILES string of the molecule is Cc1cc(Cl)ccc1C(C/C(=N\O)c1c[nH]c(=O)c(C)c1)c1ccc(Oc2ccc(Cl)c(C(=O)O)c2)cc1. The van der Waals surface area contributed by atoms with Gasteiger partial charge in [-0.3, -0.25) is 4.79 Å². The number of ether oxygens (including phenoxy) is 1. The second-order valence-corrected chi connectivity index (χ2v) is 9.67. The van der Waals surface area contributed by atoms with Crippen LogP contribution >= 0.6 is 23.2 Å². The predicted molar refractivity (Wildman–Crippen MR) is 148 cm³/mol. The molecule has 9 heteroatoms. The quantitative estimate of drug-likeness (QED) is 0.122. The Hall–Kier alpha value is -4.07. The smallest absolute Gasteiger partial charge is 0.337 e. The van der Waals surface area contributed by atoms with Gasteiger partial charge in [-0.25, -0.2) is 4.79 Å². The molecule has 3 N–H and O–H groups in total. The number of nitrogens with zero attached hydrogens (tertiary/aromatic N) is 1. The van der Waals surface area contributed by atoms with Crippen molar-refractivity contribution in [3.63, 3.8) is 0 Å². The zero-order valence-electron chi connectivity index (χ0n) is 20.5. The van der Waals surface area contributed by atoms with E-state index in [1.54, 1.807) is 31.2 Å². The van der Waals surface area contributed by atoms with Crippen molar-refractivity contribution in [2.45, 2.75) is 26.2 Å². The molecule has 38 heavy (non-hydrogen) atoms. The van der Waals surface area contributed by atoms with E-state index in [0.29, 0.717) is 39.8 Å². The van der Waals surface area contributed by atoms with Gasteiger partial charge in [0.1, 0.15) is 11.5 Å². The first-order valence-corrected chi connectivity index (χ1v) is 12.4. The summed E-state index contributed by atoms with van der Waals surface area (Å²) in [5.41, 5.74) is 4.17. The Morgan fingerprint density at radius 1 is 0.974 bits per heavy atom. The van der Waals surface area contributed by atoms with Gasteiger partial charge in [0.25, 0.3) is 5.56 Å². The number of aromatic carboxylic acids is 1. The highest BCUT2D eigenvalue weighted by atomic mass is 35.5. The summed E-state index contributed by atoms with van der Waals surface area (Å²) < 4.78 is 5.86. The molecule has 0 spiro atoms. The highest BCUT2D eigenvalue weighted by Gasteiger charge is 2.21. The van der Waals surface area contributed by atoms with Crippen LogP contribution in [0.4, 0.5) is 0 Å². The minimum atomic E-state index is -1.14. The summed E-state index contributed by atoms with van der Waals surface area (Å²) in [7, 11) is 0. The van der Waals surface area contributed by atoms with Gasteiger partial charge < -0.3 is 20.0 Å². The predicted octanol–water partition coefficient (Wildman–Crippen LogP) is 7.19. The fourth-order valence-corrected chi connectivity index (χ4v) is 4.67.